The molecule has 0 rings (SSSR count). The quantitative estimate of drug-likeness (QED) is 0.0958. The van der Waals surface area contributed by atoms with E-state index in [1.165, 1.54) is 35.4 Å². The number of ether oxygens (including phenoxy) is 13. The smallest absolute Gasteiger partial charge is 0.400 e. The summed E-state index contributed by atoms with van der Waals surface area (Å²) in [5, 5.41) is 44.2. The molecular formula is C22H50O18Y3. The van der Waals surface area contributed by atoms with E-state index in [9.17, 15) is 10.2 Å². The van der Waals surface area contributed by atoms with Crippen LogP contribution in [0.25, 0.3) is 0 Å². The van der Waals surface area contributed by atoms with E-state index < -0.39 is 48.7 Å². The van der Waals surface area contributed by atoms with Crippen LogP contribution in [-0.2, 0) is 160 Å². The summed E-state index contributed by atoms with van der Waals surface area (Å²) in [6.45, 7) is 5.84. The predicted molar refractivity (Wildman–Crippen MR) is 132 cm³/mol. The maximum absolute atomic E-state index is 10.7. The second-order valence-electron chi connectivity index (χ2n) is 7.53. The second-order valence-corrected chi connectivity index (χ2v) is 7.53. The van der Waals surface area contributed by atoms with Crippen LogP contribution in [0.15, 0.2) is 0 Å². The first-order valence-electron chi connectivity index (χ1n) is 11.4. The van der Waals surface area contributed by atoms with E-state index in [0.717, 1.165) is 49.6 Å². The zero-order valence-corrected chi connectivity index (χ0v) is 36.0. The second kappa shape index (κ2) is 28.4. The molecule has 0 aromatic rings. The number of hydrogen-bond acceptors (Lipinski definition) is 18. The molecule has 5 N–H and O–H groups in total. The van der Waals surface area contributed by atoms with Gasteiger partial charge in [0.1, 0.15) is 6.10 Å². The van der Waals surface area contributed by atoms with Gasteiger partial charge in [0.25, 0.3) is 11.9 Å². The van der Waals surface area contributed by atoms with Gasteiger partial charge in [-0.05, 0) is 13.8 Å². The van der Waals surface area contributed by atoms with Crippen LogP contribution in [0.3, 0.4) is 0 Å². The molecule has 0 aliphatic carbocycles. The standard InChI is InChI=1S/C18H38O13.C3H8O4.CH4O.3Y/c1-12(21-5)14(13(2)22-6)28-18(27-11,30-16(4,24-8)25-9)31-17(20,26-10)29-15(3,19)23-7;1-6-3(4,5)7-2;1-2;;;/h12-14,19-20H,1-11H3;4-5H,1-2H3;2H,1H3;;;/t12-,13?,14?,15-,17-,18?;;;;;/m0...../s1. The van der Waals surface area contributed by atoms with Gasteiger partial charge in [0.2, 0.25) is 0 Å². The van der Waals surface area contributed by atoms with Crippen LogP contribution in [0.5, 0.6) is 0 Å². The van der Waals surface area contributed by atoms with Crippen molar-refractivity contribution in [3.05, 3.63) is 0 Å². The van der Waals surface area contributed by atoms with Crippen LogP contribution >= 0.6 is 0 Å². The molecule has 21 heteroatoms. The minimum Gasteiger partial charge on any atom is -0.400 e. The molecule has 0 aliphatic heterocycles. The third-order valence-electron chi connectivity index (χ3n) is 4.99. The third kappa shape index (κ3) is 23.6. The fourth-order valence-electron chi connectivity index (χ4n) is 2.23. The Morgan fingerprint density at radius 3 is 1.14 bits per heavy atom. The molecule has 3 unspecified atom stereocenters. The monoisotopic (exact) mass is 869 g/mol. The fraction of sp³-hybridized carbons (Fsp3) is 1.00. The van der Waals surface area contributed by atoms with Crippen molar-refractivity contribution in [2.75, 3.05) is 71.1 Å². The van der Waals surface area contributed by atoms with Crippen molar-refractivity contribution in [1.82, 2.24) is 0 Å². The van der Waals surface area contributed by atoms with Crippen molar-refractivity contribution in [3.63, 3.8) is 0 Å². The summed E-state index contributed by atoms with van der Waals surface area (Å²) in [6.07, 6.45) is -10.1. The Bertz CT molecular complexity index is 618. The number of aliphatic hydroxyl groups excluding tert-OH is 1. The van der Waals surface area contributed by atoms with Crippen molar-refractivity contribution in [1.29, 1.82) is 0 Å². The van der Waals surface area contributed by atoms with E-state index in [2.05, 4.69) is 9.47 Å². The van der Waals surface area contributed by atoms with Gasteiger partial charge in [0.15, 0.2) is 0 Å². The zero-order valence-electron chi connectivity index (χ0n) is 27.5. The van der Waals surface area contributed by atoms with Crippen LogP contribution in [-0.4, -0.2) is 145 Å². The summed E-state index contributed by atoms with van der Waals surface area (Å²) in [7, 11) is 12.0. The maximum Gasteiger partial charge on any atom is 0.423 e. The van der Waals surface area contributed by atoms with E-state index in [0.29, 0.717) is 0 Å². The van der Waals surface area contributed by atoms with E-state index in [4.69, 9.17) is 67.4 Å². The molecular weight excluding hydrogens is 819 g/mol. The molecule has 0 aromatic heterocycles. The van der Waals surface area contributed by atoms with Gasteiger partial charge in [-0.3, -0.25) is 4.74 Å². The Morgan fingerprint density at radius 1 is 0.512 bits per heavy atom. The largest absolute Gasteiger partial charge is 0.423 e. The van der Waals surface area contributed by atoms with Crippen LogP contribution in [0.1, 0.15) is 27.7 Å². The molecule has 0 saturated carbocycles. The Hall–Kier alpha value is 2.59. The Balaban J connectivity index is -0.000000249. The van der Waals surface area contributed by atoms with Gasteiger partial charge in [-0.15, -0.1) is 0 Å². The van der Waals surface area contributed by atoms with Gasteiger partial charge in [-0.25, -0.2) is 14.2 Å². The molecule has 3 radical (unpaired) electrons. The predicted octanol–water partition coefficient (Wildman–Crippen LogP) is -1.25. The van der Waals surface area contributed by atoms with Gasteiger partial charge in [-0.2, -0.15) is 0 Å². The average Bonchev–Trinajstić information content (AvgIpc) is 2.95. The number of rotatable bonds is 19. The van der Waals surface area contributed by atoms with E-state index in [1.807, 2.05) is 0 Å². The summed E-state index contributed by atoms with van der Waals surface area (Å²) >= 11 is 0. The summed E-state index contributed by atoms with van der Waals surface area (Å²) in [4.78, 5) is 0. The molecule has 0 heterocycles. The minimum absolute atomic E-state index is 0. The molecule has 0 aliphatic rings. The molecule has 6 atom stereocenters. The molecule has 255 valence electrons. The third-order valence-corrected chi connectivity index (χ3v) is 4.99. The van der Waals surface area contributed by atoms with Crippen molar-refractivity contribution in [3.8, 4) is 0 Å². The first-order chi connectivity index (χ1) is 18.4. The Kier molecular flexibility index (Phi) is 38.2. The molecule has 0 fully saturated rings. The number of aliphatic hydroxyl groups is 5. The first kappa shape index (κ1) is 57.8. The Morgan fingerprint density at radius 2 is 0.907 bits per heavy atom. The molecule has 0 bridgehead atoms. The van der Waals surface area contributed by atoms with Crippen LogP contribution in [0, 0.1) is 0 Å². The van der Waals surface area contributed by atoms with Crippen molar-refractivity contribution < 1.29 is 185 Å². The van der Waals surface area contributed by atoms with Gasteiger partial charge in [0, 0.05) is 183 Å². The van der Waals surface area contributed by atoms with Crippen molar-refractivity contribution in [2.24, 2.45) is 0 Å². The van der Waals surface area contributed by atoms with E-state index >= 15 is 0 Å². The summed E-state index contributed by atoms with van der Waals surface area (Å²) in [6, 6.07) is 0. The molecule has 0 amide bonds. The van der Waals surface area contributed by atoms with Gasteiger partial charge in [0.05, 0.1) is 12.2 Å². The van der Waals surface area contributed by atoms with Crippen molar-refractivity contribution >= 4 is 0 Å². The molecule has 0 spiro atoms. The van der Waals surface area contributed by atoms with Crippen LogP contribution in [0.2, 0.25) is 0 Å². The number of methoxy groups -OCH3 is 9. The summed E-state index contributed by atoms with van der Waals surface area (Å²) in [5.41, 5.74) is 0. The van der Waals surface area contributed by atoms with Crippen LogP contribution < -0.4 is 0 Å². The topological polar surface area (TPSA) is 221 Å². The normalized spacial score (nSPS) is 17.7. The minimum atomic E-state index is -3.00. The summed E-state index contributed by atoms with van der Waals surface area (Å²) in [5.74, 6) is -4.14. The zero-order chi connectivity index (χ0) is 32.4. The molecule has 43 heavy (non-hydrogen) atoms. The van der Waals surface area contributed by atoms with E-state index in [1.54, 1.807) is 13.8 Å². The van der Waals surface area contributed by atoms with Gasteiger partial charge < -0.3 is 68.2 Å². The van der Waals surface area contributed by atoms with Gasteiger partial charge in [-0.1, -0.05) is 0 Å². The molecule has 18 nitrogen and oxygen atoms in total. The van der Waals surface area contributed by atoms with Crippen LogP contribution in [0.4, 0.5) is 0 Å². The number of hydrogen-bond donors (Lipinski definition) is 5. The average molecular weight is 869 g/mol. The van der Waals surface area contributed by atoms with Crippen molar-refractivity contribution in [2.45, 2.75) is 76.4 Å². The molecule has 0 saturated heterocycles. The van der Waals surface area contributed by atoms with E-state index in [-0.39, 0.29) is 98.1 Å². The van der Waals surface area contributed by atoms with Gasteiger partial charge >= 0.3 is 18.5 Å². The fourth-order valence-corrected chi connectivity index (χ4v) is 2.23. The maximum atomic E-state index is 10.7. The summed E-state index contributed by atoms with van der Waals surface area (Å²) < 4.78 is 65.9. The molecule has 0 aromatic carbocycles. The first-order valence-corrected chi connectivity index (χ1v) is 11.4. The Labute approximate surface area is 329 Å². The SMILES string of the molecule is CO.COC(C)C(OC(OC)(OC(C)(OC)OC)O[C@@](O)(OC)O[C@@](C)(O)OC)[C@H](C)OC.COC(O)(O)OC.[Y].[Y].[Y].